The summed E-state index contributed by atoms with van der Waals surface area (Å²) in [7, 11) is 0. The molecule has 0 aliphatic carbocycles. The number of para-hydroxylation sites is 1. The van der Waals surface area contributed by atoms with Gasteiger partial charge in [0.15, 0.2) is 0 Å². The standard InChI is InChI=1S/C15H13N3OS2/c1-20-11-5-3-2-4-10(11)18-15(19)14-13(16)9-6-7-17-8-12(9)21-14/h2-8H,16H2,1H3,(H,18,19). The summed E-state index contributed by atoms with van der Waals surface area (Å²) in [5.41, 5.74) is 7.39. The molecule has 0 spiro atoms. The fourth-order valence-electron chi connectivity index (χ4n) is 2.07. The van der Waals surface area contributed by atoms with E-state index in [1.165, 1.54) is 11.3 Å². The highest BCUT2D eigenvalue weighted by atomic mass is 32.2. The first-order valence-corrected chi connectivity index (χ1v) is 8.31. The van der Waals surface area contributed by atoms with Gasteiger partial charge in [0.25, 0.3) is 5.91 Å². The van der Waals surface area contributed by atoms with Crippen LogP contribution >= 0.6 is 23.1 Å². The van der Waals surface area contributed by atoms with Crippen LogP contribution in [0.1, 0.15) is 9.67 Å². The van der Waals surface area contributed by atoms with Crippen LogP contribution in [0.25, 0.3) is 10.1 Å². The van der Waals surface area contributed by atoms with Gasteiger partial charge in [-0.3, -0.25) is 9.78 Å². The van der Waals surface area contributed by atoms with E-state index >= 15 is 0 Å². The number of amides is 1. The van der Waals surface area contributed by atoms with Crippen molar-refractivity contribution >= 4 is 50.5 Å². The fourth-order valence-corrected chi connectivity index (χ4v) is 3.61. The molecular weight excluding hydrogens is 302 g/mol. The van der Waals surface area contributed by atoms with E-state index in [2.05, 4.69) is 10.3 Å². The van der Waals surface area contributed by atoms with Crippen LogP contribution in [0.3, 0.4) is 0 Å². The number of hydrogen-bond donors (Lipinski definition) is 2. The van der Waals surface area contributed by atoms with Gasteiger partial charge in [-0.25, -0.2) is 0 Å². The van der Waals surface area contributed by atoms with Crippen molar-refractivity contribution in [3.05, 3.63) is 47.6 Å². The molecule has 21 heavy (non-hydrogen) atoms. The summed E-state index contributed by atoms with van der Waals surface area (Å²) in [6.45, 7) is 0. The number of benzene rings is 1. The first kappa shape index (κ1) is 13.9. The van der Waals surface area contributed by atoms with Crippen molar-refractivity contribution in [1.29, 1.82) is 0 Å². The quantitative estimate of drug-likeness (QED) is 0.720. The van der Waals surface area contributed by atoms with E-state index < -0.39 is 0 Å². The number of fused-ring (bicyclic) bond motifs is 1. The molecular formula is C15H13N3OS2. The molecule has 2 heterocycles. The summed E-state index contributed by atoms with van der Waals surface area (Å²) in [5.74, 6) is -0.185. The maximum absolute atomic E-state index is 12.5. The van der Waals surface area contributed by atoms with Gasteiger partial charge < -0.3 is 11.1 Å². The minimum atomic E-state index is -0.185. The first-order valence-electron chi connectivity index (χ1n) is 6.27. The van der Waals surface area contributed by atoms with Crippen LogP contribution in [0, 0.1) is 0 Å². The maximum atomic E-state index is 12.5. The SMILES string of the molecule is CSc1ccccc1NC(=O)c1sc2cnccc2c1N. The lowest BCUT2D eigenvalue weighted by Gasteiger charge is -2.08. The summed E-state index contributed by atoms with van der Waals surface area (Å²) in [5, 5.41) is 3.80. The monoisotopic (exact) mass is 315 g/mol. The first-order chi connectivity index (χ1) is 10.2. The number of nitrogen functional groups attached to an aromatic ring is 1. The van der Waals surface area contributed by atoms with E-state index in [1.54, 1.807) is 24.2 Å². The van der Waals surface area contributed by atoms with E-state index in [4.69, 9.17) is 5.73 Å². The molecule has 0 saturated carbocycles. The van der Waals surface area contributed by atoms with Gasteiger partial charge in [-0.1, -0.05) is 12.1 Å². The molecule has 1 aromatic carbocycles. The predicted molar refractivity (Wildman–Crippen MR) is 90.2 cm³/mol. The number of nitrogens with two attached hydrogens (primary N) is 1. The average Bonchev–Trinajstić information content (AvgIpc) is 2.85. The van der Waals surface area contributed by atoms with Gasteiger partial charge in [-0.2, -0.15) is 0 Å². The maximum Gasteiger partial charge on any atom is 0.267 e. The third-order valence-corrected chi connectivity index (χ3v) is 5.04. The van der Waals surface area contributed by atoms with Gasteiger partial charge in [0.1, 0.15) is 4.88 Å². The van der Waals surface area contributed by atoms with Crippen molar-refractivity contribution in [2.45, 2.75) is 4.90 Å². The Morgan fingerprint density at radius 1 is 1.33 bits per heavy atom. The number of carbonyl (C=O) groups excluding carboxylic acids is 1. The van der Waals surface area contributed by atoms with Gasteiger partial charge in [0.05, 0.1) is 16.1 Å². The second kappa shape index (κ2) is 5.75. The number of anilines is 2. The molecule has 2 aromatic heterocycles. The van der Waals surface area contributed by atoms with Crippen molar-refractivity contribution in [3.63, 3.8) is 0 Å². The lowest BCUT2D eigenvalue weighted by molar-refractivity contribution is 0.103. The molecule has 4 nitrogen and oxygen atoms in total. The van der Waals surface area contributed by atoms with E-state index in [-0.39, 0.29) is 5.91 Å². The molecule has 6 heteroatoms. The summed E-state index contributed by atoms with van der Waals surface area (Å²) < 4.78 is 0.915. The van der Waals surface area contributed by atoms with E-state index in [0.717, 1.165) is 20.7 Å². The van der Waals surface area contributed by atoms with Crippen LogP contribution in [0.2, 0.25) is 0 Å². The second-order valence-corrected chi connectivity index (χ2v) is 6.27. The normalized spacial score (nSPS) is 10.7. The van der Waals surface area contributed by atoms with E-state index in [0.29, 0.717) is 10.6 Å². The Balaban J connectivity index is 1.96. The molecule has 1 amide bonds. The highest BCUT2D eigenvalue weighted by Gasteiger charge is 2.17. The molecule has 3 aromatic rings. The highest BCUT2D eigenvalue weighted by Crippen LogP contribution is 2.34. The Morgan fingerprint density at radius 2 is 2.14 bits per heavy atom. The zero-order chi connectivity index (χ0) is 14.8. The molecule has 0 bridgehead atoms. The van der Waals surface area contributed by atoms with Gasteiger partial charge >= 0.3 is 0 Å². The summed E-state index contributed by atoms with van der Waals surface area (Å²) in [4.78, 5) is 18.1. The molecule has 0 aliphatic heterocycles. The van der Waals surface area contributed by atoms with Gasteiger partial charge in [0, 0.05) is 22.7 Å². The number of pyridine rings is 1. The van der Waals surface area contributed by atoms with Crippen molar-refractivity contribution in [2.75, 3.05) is 17.3 Å². The molecule has 3 N–H and O–H groups in total. The third kappa shape index (κ3) is 2.59. The Hall–Kier alpha value is -2.05. The number of carbonyl (C=O) groups is 1. The van der Waals surface area contributed by atoms with Crippen molar-refractivity contribution in [3.8, 4) is 0 Å². The van der Waals surface area contributed by atoms with Crippen LogP contribution in [0.5, 0.6) is 0 Å². The highest BCUT2D eigenvalue weighted by molar-refractivity contribution is 7.98. The summed E-state index contributed by atoms with van der Waals surface area (Å²) in [6.07, 6.45) is 5.38. The lowest BCUT2D eigenvalue weighted by Crippen LogP contribution is -2.12. The topological polar surface area (TPSA) is 68.0 Å². The molecule has 0 atom stereocenters. The molecule has 0 aliphatic rings. The summed E-state index contributed by atoms with van der Waals surface area (Å²) >= 11 is 2.95. The predicted octanol–water partition coefficient (Wildman–Crippen LogP) is 3.85. The fraction of sp³-hybridized carbons (Fsp3) is 0.0667. The van der Waals surface area contributed by atoms with Crippen LogP contribution < -0.4 is 11.1 Å². The molecule has 0 unspecified atom stereocenters. The minimum Gasteiger partial charge on any atom is -0.397 e. The van der Waals surface area contributed by atoms with Crippen molar-refractivity contribution in [2.24, 2.45) is 0 Å². The van der Waals surface area contributed by atoms with Crippen LogP contribution in [0.15, 0.2) is 47.6 Å². The van der Waals surface area contributed by atoms with Crippen LogP contribution in [0.4, 0.5) is 11.4 Å². The number of rotatable bonds is 3. The van der Waals surface area contributed by atoms with Gasteiger partial charge in [0.2, 0.25) is 0 Å². The molecule has 0 saturated heterocycles. The van der Waals surface area contributed by atoms with Crippen molar-refractivity contribution in [1.82, 2.24) is 4.98 Å². The average molecular weight is 315 g/mol. The van der Waals surface area contributed by atoms with Gasteiger partial charge in [-0.05, 0) is 24.5 Å². The van der Waals surface area contributed by atoms with E-state index in [9.17, 15) is 4.79 Å². The molecule has 0 radical (unpaired) electrons. The number of thioether (sulfide) groups is 1. The number of aromatic nitrogens is 1. The second-order valence-electron chi connectivity index (χ2n) is 4.37. The molecule has 0 fully saturated rings. The van der Waals surface area contributed by atoms with E-state index in [1.807, 2.05) is 36.6 Å². The zero-order valence-corrected chi connectivity index (χ0v) is 12.9. The largest absolute Gasteiger partial charge is 0.397 e. The number of nitrogens with one attached hydrogen (secondary N) is 1. The number of nitrogens with zero attached hydrogens (tertiary/aromatic N) is 1. The van der Waals surface area contributed by atoms with Gasteiger partial charge in [-0.15, -0.1) is 23.1 Å². The lowest BCUT2D eigenvalue weighted by atomic mass is 10.2. The van der Waals surface area contributed by atoms with Crippen LogP contribution in [-0.2, 0) is 0 Å². The Kier molecular flexibility index (Phi) is 3.81. The number of hydrogen-bond acceptors (Lipinski definition) is 5. The third-order valence-electron chi connectivity index (χ3n) is 3.09. The Labute approximate surface area is 130 Å². The summed E-state index contributed by atoms with van der Waals surface area (Å²) in [6, 6.07) is 9.52. The smallest absolute Gasteiger partial charge is 0.267 e. The minimum absolute atomic E-state index is 0.185. The Bertz CT molecular complexity index is 814. The van der Waals surface area contributed by atoms with Crippen LogP contribution in [-0.4, -0.2) is 17.1 Å². The molecule has 106 valence electrons. The Morgan fingerprint density at radius 3 is 2.90 bits per heavy atom. The van der Waals surface area contributed by atoms with Crippen molar-refractivity contribution < 1.29 is 4.79 Å². The zero-order valence-electron chi connectivity index (χ0n) is 11.3. The number of thiophene rings is 1. The molecule has 3 rings (SSSR count).